The van der Waals surface area contributed by atoms with Gasteiger partial charge in [-0.15, -0.1) is 0 Å². The van der Waals surface area contributed by atoms with E-state index in [1.54, 1.807) is 17.0 Å². The molecule has 1 amide bonds. The standard InChI is InChI=1S/C17H22N2O5/c20-16(21)11-15-12-24-10-7-19(15)17(22)13-1-3-14(4-2-13)18-5-8-23-9-6-18/h1-4,15H,5-12H2,(H,20,21). The van der Waals surface area contributed by atoms with E-state index < -0.39 is 12.0 Å². The third-order valence-electron chi connectivity index (χ3n) is 4.39. The van der Waals surface area contributed by atoms with Gasteiger partial charge in [-0.1, -0.05) is 0 Å². The summed E-state index contributed by atoms with van der Waals surface area (Å²) in [4.78, 5) is 27.5. The van der Waals surface area contributed by atoms with Crippen LogP contribution >= 0.6 is 0 Å². The van der Waals surface area contributed by atoms with Crippen molar-refractivity contribution < 1.29 is 24.2 Å². The molecular weight excluding hydrogens is 312 g/mol. The number of aliphatic carboxylic acids is 1. The van der Waals surface area contributed by atoms with Crippen LogP contribution in [-0.4, -0.2) is 74.0 Å². The number of carbonyl (C=O) groups excluding carboxylic acids is 1. The molecule has 1 aromatic rings. The number of rotatable bonds is 4. The highest BCUT2D eigenvalue weighted by molar-refractivity contribution is 5.95. The zero-order chi connectivity index (χ0) is 16.9. The number of carboxylic acid groups (broad SMARTS) is 1. The maximum atomic E-state index is 12.7. The lowest BCUT2D eigenvalue weighted by Crippen LogP contribution is -2.49. The van der Waals surface area contributed by atoms with Gasteiger partial charge >= 0.3 is 5.97 Å². The highest BCUT2D eigenvalue weighted by atomic mass is 16.5. The Balaban J connectivity index is 1.70. The fourth-order valence-corrected chi connectivity index (χ4v) is 3.10. The lowest BCUT2D eigenvalue weighted by Gasteiger charge is -2.35. The smallest absolute Gasteiger partial charge is 0.305 e. The molecule has 0 radical (unpaired) electrons. The van der Waals surface area contributed by atoms with E-state index in [0.29, 0.717) is 31.9 Å². The molecule has 0 aromatic heterocycles. The number of nitrogens with zero attached hydrogens (tertiary/aromatic N) is 2. The van der Waals surface area contributed by atoms with Crippen molar-refractivity contribution in [2.45, 2.75) is 12.5 Å². The Bertz CT molecular complexity index is 583. The van der Waals surface area contributed by atoms with Crippen LogP contribution in [0, 0.1) is 0 Å². The zero-order valence-corrected chi connectivity index (χ0v) is 13.5. The van der Waals surface area contributed by atoms with Gasteiger partial charge in [-0.2, -0.15) is 0 Å². The molecule has 1 N–H and O–H groups in total. The van der Waals surface area contributed by atoms with E-state index in [4.69, 9.17) is 14.6 Å². The number of anilines is 1. The SMILES string of the molecule is O=C(O)CC1COCCN1C(=O)c1ccc(N2CCOCC2)cc1. The summed E-state index contributed by atoms with van der Waals surface area (Å²) < 4.78 is 10.7. The van der Waals surface area contributed by atoms with Gasteiger partial charge in [0.2, 0.25) is 0 Å². The summed E-state index contributed by atoms with van der Waals surface area (Å²) in [6.07, 6.45) is -0.0996. The molecule has 2 fully saturated rings. The van der Waals surface area contributed by atoms with Crippen LogP contribution in [0.2, 0.25) is 0 Å². The molecule has 1 unspecified atom stereocenters. The molecule has 7 heteroatoms. The molecule has 24 heavy (non-hydrogen) atoms. The van der Waals surface area contributed by atoms with Crippen molar-refractivity contribution in [3.05, 3.63) is 29.8 Å². The molecule has 130 valence electrons. The molecule has 7 nitrogen and oxygen atoms in total. The van der Waals surface area contributed by atoms with Crippen molar-refractivity contribution in [3.8, 4) is 0 Å². The third kappa shape index (κ3) is 3.85. The van der Waals surface area contributed by atoms with Crippen LogP contribution in [0.3, 0.4) is 0 Å². The lowest BCUT2D eigenvalue weighted by atomic mass is 10.1. The lowest BCUT2D eigenvalue weighted by molar-refractivity contribution is -0.139. The number of amides is 1. The van der Waals surface area contributed by atoms with Gasteiger partial charge < -0.3 is 24.4 Å². The monoisotopic (exact) mass is 334 g/mol. The first-order chi connectivity index (χ1) is 11.6. The van der Waals surface area contributed by atoms with Crippen LogP contribution in [0.1, 0.15) is 16.8 Å². The van der Waals surface area contributed by atoms with Crippen LogP contribution in [0.25, 0.3) is 0 Å². The summed E-state index contributed by atoms with van der Waals surface area (Å²) in [6, 6.07) is 7.07. The highest BCUT2D eigenvalue weighted by Crippen LogP contribution is 2.20. The minimum absolute atomic E-state index is 0.0996. The second-order valence-corrected chi connectivity index (χ2v) is 5.97. The van der Waals surface area contributed by atoms with Crippen molar-refractivity contribution in [2.75, 3.05) is 51.0 Å². The second kappa shape index (κ2) is 7.63. The number of benzene rings is 1. The number of hydrogen-bond acceptors (Lipinski definition) is 5. The van der Waals surface area contributed by atoms with Crippen molar-refractivity contribution in [1.82, 2.24) is 4.90 Å². The molecule has 2 aliphatic heterocycles. The first-order valence-corrected chi connectivity index (χ1v) is 8.18. The summed E-state index contributed by atoms with van der Waals surface area (Å²) >= 11 is 0. The van der Waals surface area contributed by atoms with Crippen molar-refractivity contribution in [3.63, 3.8) is 0 Å². The quantitative estimate of drug-likeness (QED) is 0.879. The summed E-state index contributed by atoms with van der Waals surface area (Å²) in [6.45, 7) is 4.24. The van der Waals surface area contributed by atoms with Gasteiger partial charge in [0.05, 0.1) is 38.9 Å². The van der Waals surface area contributed by atoms with Gasteiger partial charge in [-0.25, -0.2) is 0 Å². The molecule has 0 bridgehead atoms. The van der Waals surface area contributed by atoms with Crippen molar-refractivity contribution in [2.24, 2.45) is 0 Å². The Morgan fingerprint density at radius 1 is 1.04 bits per heavy atom. The molecular formula is C17H22N2O5. The van der Waals surface area contributed by atoms with E-state index in [1.807, 2.05) is 12.1 Å². The summed E-state index contributed by atoms with van der Waals surface area (Å²) in [5, 5.41) is 9.01. The summed E-state index contributed by atoms with van der Waals surface area (Å²) in [5.74, 6) is -1.07. The van der Waals surface area contributed by atoms with Gasteiger partial charge in [-0.05, 0) is 24.3 Å². The summed E-state index contributed by atoms with van der Waals surface area (Å²) in [7, 11) is 0. The number of carboxylic acids is 1. The molecule has 0 aliphatic carbocycles. The van der Waals surface area contributed by atoms with E-state index in [1.165, 1.54) is 0 Å². The van der Waals surface area contributed by atoms with Gasteiger partial charge in [0.1, 0.15) is 0 Å². The van der Waals surface area contributed by atoms with E-state index >= 15 is 0 Å². The van der Waals surface area contributed by atoms with Gasteiger partial charge in [-0.3, -0.25) is 9.59 Å². The predicted octanol–water partition coefficient (Wildman–Crippen LogP) is 0.839. The van der Waals surface area contributed by atoms with E-state index in [-0.39, 0.29) is 18.9 Å². The molecule has 2 aliphatic rings. The van der Waals surface area contributed by atoms with Crippen molar-refractivity contribution in [1.29, 1.82) is 0 Å². The number of ether oxygens (including phenoxy) is 2. The minimum Gasteiger partial charge on any atom is -0.481 e. The van der Waals surface area contributed by atoms with Gasteiger partial charge in [0, 0.05) is 30.9 Å². The Morgan fingerprint density at radius 2 is 1.71 bits per heavy atom. The normalized spacial score (nSPS) is 21.6. The number of hydrogen-bond donors (Lipinski definition) is 1. The molecule has 3 rings (SSSR count). The fraction of sp³-hybridized carbons (Fsp3) is 0.529. The average molecular weight is 334 g/mol. The second-order valence-electron chi connectivity index (χ2n) is 5.97. The topological polar surface area (TPSA) is 79.3 Å². The van der Waals surface area contributed by atoms with Crippen molar-refractivity contribution >= 4 is 17.6 Å². The fourth-order valence-electron chi connectivity index (χ4n) is 3.10. The average Bonchev–Trinajstić information content (AvgIpc) is 2.62. The molecule has 1 atom stereocenters. The maximum Gasteiger partial charge on any atom is 0.305 e. The third-order valence-corrected chi connectivity index (χ3v) is 4.39. The van der Waals surface area contributed by atoms with E-state index in [0.717, 1.165) is 18.8 Å². The van der Waals surface area contributed by atoms with Crippen LogP contribution < -0.4 is 4.90 Å². The molecule has 0 spiro atoms. The van der Waals surface area contributed by atoms with E-state index in [9.17, 15) is 9.59 Å². The largest absolute Gasteiger partial charge is 0.481 e. The molecule has 2 heterocycles. The number of morpholine rings is 2. The summed E-state index contributed by atoms with van der Waals surface area (Å²) in [5.41, 5.74) is 1.64. The zero-order valence-electron chi connectivity index (χ0n) is 13.5. The van der Waals surface area contributed by atoms with Crippen LogP contribution in [0.15, 0.2) is 24.3 Å². The van der Waals surface area contributed by atoms with Gasteiger partial charge in [0.25, 0.3) is 5.91 Å². The Kier molecular flexibility index (Phi) is 5.32. The van der Waals surface area contributed by atoms with Crippen LogP contribution in [0.4, 0.5) is 5.69 Å². The Morgan fingerprint density at radius 3 is 2.38 bits per heavy atom. The maximum absolute atomic E-state index is 12.7. The van der Waals surface area contributed by atoms with Crippen LogP contribution in [-0.2, 0) is 14.3 Å². The highest BCUT2D eigenvalue weighted by Gasteiger charge is 2.29. The van der Waals surface area contributed by atoms with E-state index in [2.05, 4.69) is 4.90 Å². The van der Waals surface area contributed by atoms with Gasteiger partial charge in [0.15, 0.2) is 0 Å². The first-order valence-electron chi connectivity index (χ1n) is 8.18. The number of carbonyl (C=O) groups is 2. The molecule has 0 saturated carbocycles. The minimum atomic E-state index is -0.925. The molecule has 1 aromatic carbocycles. The Hall–Kier alpha value is -2.12. The van der Waals surface area contributed by atoms with Crippen LogP contribution in [0.5, 0.6) is 0 Å². The predicted molar refractivity (Wildman–Crippen MR) is 87.4 cm³/mol. The Labute approximate surface area is 140 Å². The first kappa shape index (κ1) is 16.7. The molecule has 2 saturated heterocycles.